The summed E-state index contributed by atoms with van der Waals surface area (Å²) in [6.07, 6.45) is -2.25. The Hall–Kier alpha value is -1.84. The van der Waals surface area contributed by atoms with Crippen molar-refractivity contribution < 1.29 is 37.8 Å². The van der Waals surface area contributed by atoms with Gasteiger partial charge >= 0.3 is 19.8 Å². The Balaban J connectivity index is 2.96. The van der Waals surface area contributed by atoms with E-state index in [0.29, 0.717) is 0 Å². The summed E-state index contributed by atoms with van der Waals surface area (Å²) in [7, 11) is -3.64. The first-order valence-corrected chi connectivity index (χ1v) is 11.3. The number of carboxylic acid groups (broad SMARTS) is 1. The van der Waals surface area contributed by atoms with Gasteiger partial charge in [-0.15, -0.1) is 0 Å². The minimum absolute atomic E-state index is 0.113. The normalized spacial score (nSPS) is 16.3. The van der Waals surface area contributed by atoms with Crippen LogP contribution >= 0.6 is 7.60 Å². The molecule has 3 amide bonds. The summed E-state index contributed by atoms with van der Waals surface area (Å²) in [5.74, 6) is -0.500. The van der Waals surface area contributed by atoms with Crippen LogP contribution < -0.4 is 5.32 Å². The molecule has 1 saturated heterocycles. The van der Waals surface area contributed by atoms with Crippen molar-refractivity contribution in [3.63, 3.8) is 0 Å². The van der Waals surface area contributed by atoms with Gasteiger partial charge in [-0.2, -0.15) is 0 Å². The molecule has 2 N–H and O–H groups in total. The lowest BCUT2D eigenvalue weighted by Crippen LogP contribution is -2.57. The second kappa shape index (κ2) is 10.8. The van der Waals surface area contributed by atoms with Crippen molar-refractivity contribution in [3.05, 3.63) is 0 Å². The number of rotatable bonds is 8. The summed E-state index contributed by atoms with van der Waals surface area (Å²) >= 11 is 0. The van der Waals surface area contributed by atoms with Gasteiger partial charge in [0.2, 0.25) is 5.91 Å². The van der Waals surface area contributed by atoms with Crippen LogP contribution in [0.5, 0.6) is 0 Å². The van der Waals surface area contributed by atoms with E-state index in [9.17, 15) is 18.9 Å². The first-order chi connectivity index (χ1) is 13.4. The number of carbonyl (C=O) groups is 3. The fourth-order valence-corrected chi connectivity index (χ4v) is 4.50. The van der Waals surface area contributed by atoms with E-state index < -0.39 is 37.3 Å². The average Bonchev–Trinajstić information content (AvgIpc) is 2.59. The molecule has 11 nitrogen and oxygen atoms in total. The molecular formula is C17H32N3O8P. The van der Waals surface area contributed by atoms with Gasteiger partial charge in [0, 0.05) is 26.2 Å². The molecule has 0 radical (unpaired) electrons. The van der Waals surface area contributed by atoms with Crippen molar-refractivity contribution >= 4 is 25.7 Å². The van der Waals surface area contributed by atoms with E-state index in [-0.39, 0.29) is 45.6 Å². The van der Waals surface area contributed by atoms with Gasteiger partial charge in [0.15, 0.2) is 0 Å². The number of nitrogens with one attached hydrogen (secondary N) is 1. The summed E-state index contributed by atoms with van der Waals surface area (Å²) in [6, 6.07) is -1.20. The van der Waals surface area contributed by atoms with Crippen LogP contribution in [0.2, 0.25) is 0 Å². The largest absolute Gasteiger partial charge is 0.465 e. The Morgan fingerprint density at radius 2 is 1.52 bits per heavy atom. The minimum Gasteiger partial charge on any atom is -0.465 e. The van der Waals surface area contributed by atoms with Crippen LogP contribution in [0.25, 0.3) is 0 Å². The topological polar surface area (TPSA) is 135 Å². The Labute approximate surface area is 171 Å². The molecule has 1 aliphatic rings. The van der Waals surface area contributed by atoms with Crippen molar-refractivity contribution in [3.8, 4) is 0 Å². The van der Waals surface area contributed by atoms with Crippen LogP contribution in [0.1, 0.15) is 34.6 Å². The molecule has 0 unspecified atom stereocenters. The quantitative estimate of drug-likeness (QED) is 0.551. The standard InChI is InChI=1S/C17H32N3O8P/c1-6-26-29(25,27-7-2)12-13(18-15(22)28-17(3,4)5)14(21)19-8-10-20(11-9-19)16(23)24/h13H,6-12H2,1-5H3,(H,18,22)(H,23,24)/t13-/m0/s1. The zero-order valence-electron chi connectivity index (χ0n) is 17.7. The van der Waals surface area contributed by atoms with E-state index in [1.807, 2.05) is 0 Å². The highest BCUT2D eigenvalue weighted by molar-refractivity contribution is 7.54. The van der Waals surface area contributed by atoms with Gasteiger partial charge in [0.25, 0.3) is 0 Å². The predicted octanol–water partition coefficient (Wildman–Crippen LogP) is 1.97. The van der Waals surface area contributed by atoms with Crippen LogP contribution in [-0.2, 0) is 23.1 Å². The third kappa shape index (κ3) is 8.59. The highest BCUT2D eigenvalue weighted by Crippen LogP contribution is 2.48. The Bertz CT molecular complexity index is 619. The Kier molecular flexibility index (Phi) is 9.38. The molecule has 0 aromatic carbocycles. The molecule has 1 heterocycles. The van der Waals surface area contributed by atoms with Gasteiger partial charge in [-0.05, 0) is 34.6 Å². The zero-order valence-corrected chi connectivity index (χ0v) is 18.6. The average molecular weight is 437 g/mol. The highest BCUT2D eigenvalue weighted by atomic mass is 31.2. The van der Waals surface area contributed by atoms with Gasteiger partial charge in [-0.1, -0.05) is 0 Å². The van der Waals surface area contributed by atoms with Crippen LogP contribution in [0, 0.1) is 0 Å². The smallest absolute Gasteiger partial charge is 0.408 e. The fourth-order valence-electron chi connectivity index (χ4n) is 2.73. The summed E-state index contributed by atoms with van der Waals surface area (Å²) < 4.78 is 28.6. The van der Waals surface area contributed by atoms with E-state index in [1.54, 1.807) is 34.6 Å². The molecule has 1 atom stereocenters. The number of carbonyl (C=O) groups excluding carboxylic acids is 2. The van der Waals surface area contributed by atoms with Gasteiger partial charge < -0.3 is 34.0 Å². The number of nitrogens with zero attached hydrogens (tertiary/aromatic N) is 2. The SMILES string of the molecule is CCOP(=O)(C[C@H](NC(=O)OC(C)(C)C)C(=O)N1CCN(C(=O)O)CC1)OCC. The van der Waals surface area contributed by atoms with Crippen molar-refractivity contribution in [2.75, 3.05) is 45.6 Å². The number of ether oxygens (including phenoxy) is 1. The molecule has 1 rings (SSSR count). The van der Waals surface area contributed by atoms with Crippen molar-refractivity contribution in [2.24, 2.45) is 0 Å². The number of hydrogen-bond acceptors (Lipinski definition) is 7. The first kappa shape index (κ1) is 25.2. The molecule has 0 spiro atoms. The third-order valence-electron chi connectivity index (χ3n) is 3.91. The molecule has 29 heavy (non-hydrogen) atoms. The Morgan fingerprint density at radius 1 is 1.03 bits per heavy atom. The molecule has 1 aliphatic heterocycles. The number of amides is 3. The van der Waals surface area contributed by atoms with Crippen molar-refractivity contribution in [1.82, 2.24) is 15.1 Å². The predicted molar refractivity (Wildman–Crippen MR) is 105 cm³/mol. The summed E-state index contributed by atoms with van der Waals surface area (Å²) in [5.41, 5.74) is -0.783. The van der Waals surface area contributed by atoms with Gasteiger partial charge in [0.1, 0.15) is 11.6 Å². The molecule has 0 aromatic heterocycles. The molecule has 0 aliphatic carbocycles. The van der Waals surface area contributed by atoms with Crippen molar-refractivity contribution in [2.45, 2.75) is 46.3 Å². The van der Waals surface area contributed by atoms with Gasteiger partial charge in [0.05, 0.1) is 19.4 Å². The van der Waals surface area contributed by atoms with Gasteiger partial charge in [-0.25, -0.2) is 9.59 Å². The van der Waals surface area contributed by atoms with Crippen LogP contribution in [0.4, 0.5) is 9.59 Å². The maximum atomic E-state index is 13.0. The number of alkyl carbamates (subject to hydrolysis) is 1. The molecule has 168 valence electrons. The third-order valence-corrected chi connectivity index (χ3v) is 6.02. The van der Waals surface area contributed by atoms with E-state index in [2.05, 4.69) is 5.32 Å². The molecule has 1 fully saturated rings. The number of piperazine rings is 1. The van der Waals surface area contributed by atoms with Crippen LogP contribution in [0.3, 0.4) is 0 Å². The van der Waals surface area contributed by atoms with E-state index in [4.69, 9.17) is 18.9 Å². The molecular weight excluding hydrogens is 405 g/mol. The second-order valence-electron chi connectivity index (χ2n) is 7.42. The maximum Gasteiger partial charge on any atom is 0.408 e. The van der Waals surface area contributed by atoms with Gasteiger partial charge in [-0.3, -0.25) is 9.36 Å². The van der Waals surface area contributed by atoms with Crippen LogP contribution in [0.15, 0.2) is 0 Å². The van der Waals surface area contributed by atoms with E-state index >= 15 is 0 Å². The molecule has 12 heteroatoms. The monoisotopic (exact) mass is 437 g/mol. The molecule has 0 saturated carbocycles. The maximum absolute atomic E-state index is 13.0. The second-order valence-corrected chi connectivity index (χ2v) is 9.53. The minimum atomic E-state index is -3.64. The lowest BCUT2D eigenvalue weighted by atomic mass is 10.2. The molecule has 0 bridgehead atoms. The lowest BCUT2D eigenvalue weighted by Gasteiger charge is -2.35. The molecule has 0 aromatic rings. The van der Waals surface area contributed by atoms with E-state index in [0.717, 1.165) is 0 Å². The zero-order chi connectivity index (χ0) is 22.2. The summed E-state index contributed by atoms with van der Waals surface area (Å²) in [4.78, 5) is 38.9. The summed E-state index contributed by atoms with van der Waals surface area (Å²) in [5, 5.41) is 11.5. The van der Waals surface area contributed by atoms with Crippen molar-refractivity contribution in [1.29, 1.82) is 0 Å². The number of hydrogen-bond donors (Lipinski definition) is 2. The first-order valence-electron chi connectivity index (χ1n) is 9.55. The fraction of sp³-hybridized carbons (Fsp3) is 0.824. The Morgan fingerprint density at radius 3 is 1.93 bits per heavy atom. The highest BCUT2D eigenvalue weighted by Gasteiger charge is 2.37. The lowest BCUT2D eigenvalue weighted by molar-refractivity contribution is -0.134. The van der Waals surface area contributed by atoms with Crippen LogP contribution in [-0.4, -0.2) is 90.2 Å². The summed E-state index contributed by atoms with van der Waals surface area (Å²) in [6.45, 7) is 9.17. The van der Waals surface area contributed by atoms with E-state index in [1.165, 1.54) is 9.80 Å².